The molecule has 1 atom stereocenters. The van der Waals surface area contributed by atoms with Crippen LogP contribution >= 0.6 is 0 Å². The highest BCUT2D eigenvalue weighted by molar-refractivity contribution is 6.08. The van der Waals surface area contributed by atoms with Crippen LogP contribution in [0.15, 0.2) is 27.5 Å². The van der Waals surface area contributed by atoms with Crippen molar-refractivity contribution >= 4 is 22.7 Å². The lowest BCUT2D eigenvalue weighted by molar-refractivity contribution is -0.135. The van der Waals surface area contributed by atoms with Crippen LogP contribution in [0.3, 0.4) is 0 Å². The number of rotatable bonds is 2. The van der Waals surface area contributed by atoms with Gasteiger partial charge in [0.2, 0.25) is 0 Å². The van der Waals surface area contributed by atoms with Crippen LogP contribution in [0.25, 0.3) is 11.0 Å². The quantitative estimate of drug-likeness (QED) is 0.319. The number of esters is 1. The number of ketones is 1. The van der Waals surface area contributed by atoms with Gasteiger partial charge in [-0.2, -0.15) is 5.10 Å². The Hall–Kier alpha value is -3.42. The number of aryl methyl sites for hydroxylation is 2. The van der Waals surface area contributed by atoms with Crippen LogP contribution in [0.1, 0.15) is 46.4 Å². The number of carbonyl (C=O) groups is 2. The molecule has 0 saturated carbocycles. The van der Waals surface area contributed by atoms with E-state index in [2.05, 4.69) is 5.10 Å². The van der Waals surface area contributed by atoms with E-state index in [1.807, 2.05) is 0 Å². The van der Waals surface area contributed by atoms with E-state index in [9.17, 15) is 19.5 Å². The molecular weight excluding hydrogens is 352 g/mol. The molecule has 8 heteroatoms. The first-order valence-corrected chi connectivity index (χ1v) is 8.32. The van der Waals surface area contributed by atoms with E-state index in [1.165, 1.54) is 13.0 Å². The Morgan fingerprint density at radius 3 is 2.74 bits per heavy atom. The molecule has 0 saturated heterocycles. The van der Waals surface area contributed by atoms with Crippen molar-refractivity contribution in [2.75, 3.05) is 0 Å². The van der Waals surface area contributed by atoms with E-state index in [4.69, 9.17) is 9.15 Å². The van der Waals surface area contributed by atoms with Gasteiger partial charge in [0.1, 0.15) is 16.9 Å². The predicted molar refractivity (Wildman–Crippen MR) is 94.2 cm³/mol. The summed E-state index contributed by atoms with van der Waals surface area (Å²) in [5.74, 6) is -1.99. The monoisotopic (exact) mass is 368 g/mol. The Morgan fingerprint density at radius 1 is 1.37 bits per heavy atom. The first-order valence-electron chi connectivity index (χ1n) is 8.32. The summed E-state index contributed by atoms with van der Waals surface area (Å²) in [7, 11) is 1.73. The van der Waals surface area contributed by atoms with Gasteiger partial charge in [-0.15, -0.1) is 0 Å². The zero-order chi connectivity index (χ0) is 19.5. The number of fused-ring (bicyclic) bond motifs is 3. The van der Waals surface area contributed by atoms with E-state index in [0.29, 0.717) is 16.8 Å². The standard InChI is InChI=1S/C19H16N2O6/c1-8-6-12(23)26-18-14(8)17(25)15(9(2)22)19-16(18)10(7-13(24)27-19)11-4-5-20-21(11)3/h4-6,10,25H,7H2,1-3H3. The predicted octanol–water partition coefficient (Wildman–Crippen LogP) is 2.18. The topological polar surface area (TPSA) is 112 Å². The Morgan fingerprint density at radius 2 is 2.11 bits per heavy atom. The average molecular weight is 368 g/mol. The van der Waals surface area contributed by atoms with Crippen molar-refractivity contribution in [3.8, 4) is 11.5 Å². The maximum atomic E-state index is 12.3. The number of ether oxygens (including phenoxy) is 1. The Kier molecular flexibility index (Phi) is 3.66. The maximum Gasteiger partial charge on any atom is 0.336 e. The van der Waals surface area contributed by atoms with Crippen LogP contribution < -0.4 is 10.4 Å². The van der Waals surface area contributed by atoms with Gasteiger partial charge in [-0.1, -0.05) is 0 Å². The van der Waals surface area contributed by atoms with Crippen molar-refractivity contribution in [1.82, 2.24) is 9.78 Å². The number of hydrogen-bond acceptors (Lipinski definition) is 7. The van der Waals surface area contributed by atoms with Gasteiger partial charge in [-0.05, 0) is 25.5 Å². The third kappa shape index (κ3) is 2.44. The van der Waals surface area contributed by atoms with E-state index >= 15 is 0 Å². The molecule has 4 rings (SSSR count). The highest BCUT2D eigenvalue weighted by Gasteiger charge is 2.38. The molecule has 0 radical (unpaired) electrons. The molecule has 1 aliphatic rings. The molecule has 3 heterocycles. The molecule has 8 nitrogen and oxygen atoms in total. The summed E-state index contributed by atoms with van der Waals surface area (Å²) in [6, 6.07) is 2.99. The highest BCUT2D eigenvalue weighted by Crippen LogP contribution is 2.49. The molecule has 138 valence electrons. The van der Waals surface area contributed by atoms with Gasteiger partial charge in [-0.3, -0.25) is 14.3 Å². The Balaban J connectivity index is 2.22. The molecule has 0 fully saturated rings. The smallest absolute Gasteiger partial charge is 0.336 e. The zero-order valence-electron chi connectivity index (χ0n) is 14.9. The maximum absolute atomic E-state index is 12.3. The fourth-order valence-electron chi connectivity index (χ4n) is 3.72. The van der Waals surface area contributed by atoms with Crippen LogP contribution in [-0.4, -0.2) is 26.6 Å². The molecule has 0 spiro atoms. The molecule has 2 aromatic heterocycles. The second-order valence-electron chi connectivity index (χ2n) is 6.59. The van der Waals surface area contributed by atoms with Gasteiger partial charge in [0.25, 0.3) is 0 Å². The number of hydrogen-bond donors (Lipinski definition) is 1. The Labute approximate surface area is 153 Å². The van der Waals surface area contributed by atoms with Gasteiger partial charge in [0.15, 0.2) is 11.5 Å². The molecule has 1 aromatic carbocycles. The summed E-state index contributed by atoms with van der Waals surface area (Å²) >= 11 is 0. The fraction of sp³-hybridized carbons (Fsp3) is 0.263. The largest absolute Gasteiger partial charge is 0.506 e. The van der Waals surface area contributed by atoms with Crippen LogP contribution in [0.4, 0.5) is 0 Å². The second-order valence-corrected chi connectivity index (χ2v) is 6.59. The lowest BCUT2D eigenvalue weighted by atomic mass is 9.85. The Bertz CT molecular complexity index is 1190. The lowest BCUT2D eigenvalue weighted by Crippen LogP contribution is -2.25. The first-order chi connectivity index (χ1) is 12.8. The second kappa shape index (κ2) is 5.80. The summed E-state index contributed by atoms with van der Waals surface area (Å²) in [5.41, 5.74) is 0.948. The molecule has 0 bridgehead atoms. The van der Waals surface area contributed by atoms with Crippen LogP contribution in [-0.2, 0) is 11.8 Å². The number of aromatic nitrogens is 2. The number of benzene rings is 1. The molecule has 1 N–H and O–H groups in total. The van der Waals surface area contributed by atoms with Crippen molar-refractivity contribution in [2.45, 2.75) is 26.2 Å². The minimum atomic E-state index is -0.599. The number of phenolic OH excluding ortho intramolecular Hbond substituents is 1. The van der Waals surface area contributed by atoms with Crippen LogP contribution in [0, 0.1) is 6.92 Å². The summed E-state index contributed by atoms with van der Waals surface area (Å²) in [5, 5.41) is 15.1. The summed E-state index contributed by atoms with van der Waals surface area (Å²) < 4.78 is 12.4. The van der Waals surface area contributed by atoms with Crippen LogP contribution in [0.2, 0.25) is 0 Å². The molecular formula is C19H16N2O6. The SMILES string of the molecule is CC(=O)c1c2c(c3oc(=O)cc(C)c3c1O)C(c1ccnn1C)CC(=O)O2. The van der Waals surface area contributed by atoms with Gasteiger partial charge < -0.3 is 14.3 Å². The third-order valence-electron chi connectivity index (χ3n) is 4.85. The number of aromatic hydroxyl groups is 1. The first kappa shape index (κ1) is 17.0. The summed E-state index contributed by atoms with van der Waals surface area (Å²) in [6.45, 7) is 2.92. The minimum absolute atomic E-state index is 0.0125. The minimum Gasteiger partial charge on any atom is -0.506 e. The van der Waals surface area contributed by atoms with Crippen molar-refractivity contribution in [1.29, 1.82) is 0 Å². The number of nitrogens with zero attached hydrogens (tertiary/aromatic N) is 2. The molecule has 1 aliphatic heterocycles. The molecule has 0 aliphatic carbocycles. The average Bonchev–Trinajstić information content (AvgIpc) is 2.98. The van der Waals surface area contributed by atoms with E-state index < -0.39 is 23.3 Å². The van der Waals surface area contributed by atoms with E-state index in [-0.39, 0.29) is 34.5 Å². The van der Waals surface area contributed by atoms with Gasteiger partial charge in [0.05, 0.1) is 11.8 Å². The summed E-state index contributed by atoms with van der Waals surface area (Å²) in [4.78, 5) is 36.5. The van der Waals surface area contributed by atoms with Crippen molar-refractivity contribution in [2.24, 2.45) is 7.05 Å². The number of Topliss-reactive ketones (excluding diaryl/α,β-unsaturated/α-hetero) is 1. The molecule has 27 heavy (non-hydrogen) atoms. The highest BCUT2D eigenvalue weighted by atomic mass is 16.5. The van der Waals surface area contributed by atoms with E-state index in [1.54, 1.807) is 30.9 Å². The van der Waals surface area contributed by atoms with Gasteiger partial charge in [0, 0.05) is 36.5 Å². The van der Waals surface area contributed by atoms with Crippen molar-refractivity contribution in [3.63, 3.8) is 0 Å². The van der Waals surface area contributed by atoms with Crippen LogP contribution in [0.5, 0.6) is 11.5 Å². The fourth-order valence-corrected chi connectivity index (χ4v) is 3.72. The molecule has 1 unspecified atom stereocenters. The lowest BCUT2D eigenvalue weighted by Gasteiger charge is -2.27. The number of carbonyl (C=O) groups excluding carboxylic acids is 2. The zero-order valence-corrected chi connectivity index (χ0v) is 14.9. The normalized spacial score (nSPS) is 16.3. The van der Waals surface area contributed by atoms with Crippen molar-refractivity contribution < 1.29 is 23.8 Å². The van der Waals surface area contributed by atoms with Gasteiger partial charge in [-0.25, -0.2) is 4.79 Å². The van der Waals surface area contributed by atoms with E-state index in [0.717, 1.165) is 0 Å². The molecule has 3 aromatic rings. The third-order valence-corrected chi connectivity index (χ3v) is 4.85. The number of phenols is 1. The molecule has 0 amide bonds. The summed E-state index contributed by atoms with van der Waals surface area (Å²) in [6.07, 6.45) is 1.58. The van der Waals surface area contributed by atoms with Gasteiger partial charge >= 0.3 is 11.6 Å². The van der Waals surface area contributed by atoms with Crippen molar-refractivity contribution in [3.05, 3.63) is 51.1 Å².